The summed E-state index contributed by atoms with van der Waals surface area (Å²) in [4.78, 5) is 15.9. The van der Waals surface area contributed by atoms with Gasteiger partial charge in [0, 0.05) is 36.3 Å². The number of benzene rings is 1. The van der Waals surface area contributed by atoms with E-state index in [0.717, 1.165) is 5.69 Å². The van der Waals surface area contributed by atoms with Gasteiger partial charge in [0.15, 0.2) is 0 Å². The SMILES string of the molecule is CC(CCO)NC(=O)c1ccc(-n2ccnc2)cc1. The van der Waals surface area contributed by atoms with Crippen molar-refractivity contribution in [3.8, 4) is 5.69 Å². The number of nitrogens with zero attached hydrogens (tertiary/aromatic N) is 2. The molecule has 1 unspecified atom stereocenters. The van der Waals surface area contributed by atoms with Gasteiger partial charge in [-0.25, -0.2) is 4.98 Å². The van der Waals surface area contributed by atoms with Gasteiger partial charge in [-0.1, -0.05) is 0 Å². The van der Waals surface area contributed by atoms with E-state index in [1.165, 1.54) is 0 Å². The normalized spacial score (nSPS) is 12.1. The van der Waals surface area contributed by atoms with Gasteiger partial charge in [-0.2, -0.15) is 0 Å². The Labute approximate surface area is 111 Å². The summed E-state index contributed by atoms with van der Waals surface area (Å²) in [6, 6.07) is 7.25. The highest BCUT2D eigenvalue weighted by Crippen LogP contribution is 2.09. The van der Waals surface area contributed by atoms with E-state index in [2.05, 4.69) is 10.3 Å². The third-order valence-electron chi connectivity index (χ3n) is 2.87. The van der Waals surface area contributed by atoms with Crippen LogP contribution in [0.2, 0.25) is 0 Å². The smallest absolute Gasteiger partial charge is 0.251 e. The Kier molecular flexibility index (Phi) is 4.30. The standard InChI is InChI=1S/C14H17N3O2/c1-11(6-9-18)16-14(19)12-2-4-13(5-3-12)17-8-7-15-10-17/h2-5,7-8,10-11,18H,6,9H2,1H3,(H,16,19). The first-order valence-corrected chi connectivity index (χ1v) is 6.21. The molecule has 0 spiro atoms. The summed E-state index contributed by atoms with van der Waals surface area (Å²) in [7, 11) is 0. The van der Waals surface area contributed by atoms with Crippen LogP contribution in [0.3, 0.4) is 0 Å². The molecule has 100 valence electrons. The van der Waals surface area contributed by atoms with Crippen LogP contribution in [-0.4, -0.2) is 33.2 Å². The quantitative estimate of drug-likeness (QED) is 0.852. The van der Waals surface area contributed by atoms with Crippen molar-refractivity contribution in [1.82, 2.24) is 14.9 Å². The Hall–Kier alpha value is -2.14. The van der Waals surface area contributed by atoms with Gasteiger partial charge in [0.1, 0.15) is 0 Å². The second-order valence-electron chi connectivity index (χ2n) is 4.40. The number of rotatable bonds is 5. The summed E-state index contributed by atoms with van der Waals surface area (Å²) in [5.74, 6) is -0.127. The lowest BCUT2D eigenvalue weighted by molar-refractivity contribution is 0.0934. The molecule has 1 aromatic carbocycles. The molecule has 0 aliphatic carbocycles. The minimum Gasteiger partial charge on any atom is -0.396 e. The molecule has 0 fully saturated rings. The number of aromatic nitrogens is 2. The lowest BCUT2D eigenvalue weighted by Crippen LogP contribution is -2.33. The number of hydrogen-bond acceptors (Lipinski definition) is 3. The zero-order chi connectivity index (χ0) is 13.7. The largest absolute Gasteiger partial charge is 0.396 e. The van der Waals surface area contributed by atoms with Crippen molar-refractivity contribution in [3.63, 3.8) is 0 Å². The Morgan fingerprint density at radius 1 is 1.42 bits per heavy atom. The summed E-state index contributed by atoms with van der Waals surface area (Å²) in [6.07, 6.45) is 5.81. The number of imidazole rings is 1. The number of aliphatic hydroxyl groups excluding tert-OH is 1. The summed E-state index contributed by atoms with van der Waals surface area (Å²) < 4.78 is 1.87. The second kappa shape index (κ2) is 6.15. The molecular formula is C14H17N3O2. The molecule has 0 aliphatic rings. The highest BCUT2D eigenvalue weighted by molar-refractivity contribution is 5.94. The molecule has 0 saturated carbocycles. The summed E-state index contributed by atoms with van der Waals surface area (Å²) >= 11 is 0. The van der Waals surface area contributed by atoms with Crippen molar-refractivity contribution in [2.75, 3.05) is 6.61 Å². The van der Waals surface area contributed by atoms with Crippen LogP contribution in [0.25, 0.3) is 5.69 Å². The van der Waals surface area contributed by atoms with E-state index in [1.54, 1.807) is 24.7 Å². The van der Waals surface area contributed by atoms with E-state index >= 15 is 0 Å². The minimum atomic E-state index is -0.127. The number of nitrogens with one attached hydrogen (secondary N) is 1. The van der Waals surface area contributed by atoms with Crippen molar-refractivity contribution in [2.24, 2.45) is 0 Å². The zero-order valence-corrected chi connectivity index (χ0v) is 10.8. The van der Waals surface area contributed by atoms with Gasteiger partial charge in [0.25, 0.3) is 5.91 Å². The molecule has 0 bridgehead atoms. The van der Waals surface area contributed by atoms with E-state index in [4.69, 9.17) is 5.11 Å². The number of carbonyl (C=O) groups excluding carboxylic acids is 1. The third kappa shape index (κ3) is 3.42. The molecule has 1 amide bonds. The van der Waals surface area contributed by atoms with E-state index in [0.29, 0.717) is 12.0 Å². The van der Waals surface area contributed by atoms with Gasteiger partial charge >= 0.3 is 0 Å². The molecule has 5 heteroatoms. The monoisotopic (exact) mass is 259 g/mol. The molecule has 2 rings (SSSR count). The van der Waals surface area contributed by atoms with E-state index in [1.807, 2.05) is 29.8 Å². The Morgan fingerprint density at radius 2 is 2.16 bits per heavy atom. The van der Waals surface area contributed by atoms with Crippen molar-refractivity contribution >= 4 is 5.91 Å². The van der Waals surface area contributed by atoms with E-state index < -0.39 is 0 Å². The fourth-order valence-electron chi connectivity index (χ4n) is 1.77. The average molecular weight is 259 g/mol. The lowest BCUT2D eigenvalue weighted by Gasteiger charge is -2.12. The Balaban J connectivity index is 2.04. The van der Waals surface area contributed by atoms with Gasteiger partial charge < -0.3 is 15.0 Å². The van der Waals surface area contributed by atoms with Crippen LogP contribution in [0.15, 0.2) is 43.0 Å². The topological polar surface area (TPSA) is 67.2 Å². The Morgan fingerprint density at radius 3 is 2.74 bits per heavy atom. The molecule has 0 radical (unpaired) electrons. The molecule has 1 aromatic heterocycles. The van der Waals surface area contributed by atoms with Gasteiger partial charge in [0.2, 0.25) is 0 Å². The van der Waals surface area contributed by atoms with Crippen LogP contribution in [0.1, 0.15) is 23.7 Å². The average Bonchev–Trinajstić information content (AvgIpc) is 2.93. The predicted octanol–water partition coefficient (Wildman–Crippen LogP) is 1.37. The van der Waals surface area contributed by atoms with Gasteiger partial charge in [-0.15, -0.1) is 0 Å². The molecule has 2 aromatic rings. The third-order valence-corrected chi connectivity index (χ3v) is 2.87. The molecular weight excluding hydrogens is 242 g/mol. The fraction of sp³-hybridized carbons (Fsp3) is 0.286. The molecule has 0 aliphatic heterocycles. The number of hydrogen-bond donors (Lipinski definition) is 2. The van der Waals surface area contributed by atoms with Crippen molar-refractivity contribution in [2.45, 2.75) is 19.4 Å². The van der Waals surface area contributed by atoms with Gasteiger partial charge in [0.05, 0.1) is 6.33 Å². The van der Waals surface area contributed by atoms with E-state index in [9.17, 15) is 4.79 Å². The first-order chi connectivity index (χ1) is 9.20. The van der Waals surface area contributed by atoms with Gasteiger partial charge in [-0.3, -0.25) is 4.79 Å². The van der Waals surface area contributed by atoms with E-state index in [-0.39, 0.29) is 18.6 Å². The summed E-state index contributed by atoms with van der Waals surface area (Å²) in [5.41, 5.74) is 1.56. The number of aliphatic hydroxyl groups is 1. The van der Waals surface area contributed by atoms with Crippen LogP contribution in [-0.2, 0) is 0 Å². The predicted molar refractivity (Wildman–Crippen MR) is 72.2 cm³/mol. The molecule has 1 atom stereocenters. The molecule has 5 nitrogen and oxygen atoms in total. The molecule has 19 heavy (non-hydrogen) atoms. The zero-order valence-electron chi connectivity index (χ0n) is 10.8. The van der Waals surface area contributed by atoms with Gasteiger partial charge in [-0.05, 0) is 37.6 Å². The first kappa shape index (κ1) is 13.3. The van der Waals surface area contributed by atoms with Crippen molar-refractivity contribution in [1.29, 1.82) is 0 Å². The molecule has 2 N–H and O–H groups in total. The number of amides is 1. The van der Waals surface area contributed by atoms with Crippen LogP contribution >= 0.6 is 0 Å². The van der Waals surface area contributed by atoms with Crippen molar-refractivity contribution < 1.29 is 9.90 Å². The lowest BCUT2D eigenvalue weighted by atomic mass is 10.1. The maximum atomic E-state index is 11.9. The van der Waals surface area contributed by atoms with Crippen LogP contribution in [0.5, 0.6) is 0 Å². The van der Waals surface area contributed by atoms with Crippen LogP contribution < -0.4 is 5.32 Å². The molecule has 0 saturated heterocycles. The highest BCUT2D eigenvalue weighted by atomic mass is 16.3. The number of carbonyl (C=O) groups is 1. The second-order valence-corrected chi connectivity index (χ2v) is 4.40. The first-order valence-electron chi connectivity index (χ1n) is 6.21. The van der Waals surface area contributed by atoms with Crippen LogP contribution in [0.4, 0.5) is 0 Å². The summed E-state index contributed by atoms with van der Waals surface area (Å²) in [5, 5.41) is 11.6. The molecule has 1 heterocycles. The fourth-order valence-corrected chi connectivity index (χ4v) is 1.77. The van der Waals surface area contributed by atoms with Crippen LogP contribution in [0, 0.1) is 0 Å². The highest BCUT2D eigenvalue weighted by Gasteiger charge is 2.09. The summed E-state index contributed by atoms with van der Waals surface area (Å²) in [6.45, 7) is 1.94. The maximum absolute atomic E-state index is 11.9. The Bertz CT molecular complexity index is 520. The van der Waals surface area contributed by atoms with Crippen molar-refractivity contribution in [3.05, 3.63) is 48.5 Å². The minimum absolute atomic E-state index is 0.0363. The maximum Gasteiger partial charge on any atom is 0.251 e.